The molecule has 0 aliphatic rings. The SMILES string of the molecule is C[C@H](NC(=O)O)C(=O)NNC(C)(C)C. The minimum atomic E-state index is -1.22. The third-order valence-corrected chi connectivity index (χ3v) is 1.29. The van der Waals surface area contributed by atoms with Crippen molar-refractivity contribution in [1.82, 2.24) is 16.2 Å². The van der Waals surface area contributed by atoms with Crippen LogP contribution in [0.15, 0.2) is 0 Å². The fourth-order valence-corrected chi connectivity index (χ4v) is 0.608. The number of hydrogen-bond acceptors (Lipinski definition) is 3. The molecular formula is C8H17N3O3. The molecule has 0 aromatic carbocycles. The molecule has 0 saturated carbocycles. The molecule has 6 nitrogen and oxygen atoms in total. The normalized spacial score (nSPS) is 13.1. The maximum atomic E-state index is 11.2. The molecule has 0 rings (SSSR count). The number of hydrogen-bond donors (Lipinski definition) is 4. The number of amides is 2. The van der Waals surface area contributed by atoms with E-state index in [-0.39, 0.29) is 5.54 Å². The fourth-order valence-electron chi connectivity index (χ4n) is 0.608. The number of rotatable bonds is 3. The molecule has 14 heavy (non-hydrogen) atoms. The quantitative estimate of drug-likeness (QED) is 0.488. The highest BCUT2D eigenvalue weighted by atomic mass is 16.4. The summed E-state index contributed by atoms with van der Waals surface area (Å²) in [5.74, 6) is -0.415. The molecule has 2 amide bonds. The summed E-state index contributed by atoms with van der Waals surface area (Å²) in [6.45, 7) is 7.10. The largest absolute Gasteiger partial charge is 0.465 e. The van der Waals surface area contributed by atoms with Crippen LogP contribution >= 0.6 is 0 Å². The lowest BCUT2D eigenvalue weighted by atomic mass is 10.1. The predicted molar refractivity (Wildman–Crippen MR) is 51.7 cm³/mol. The first-order chi connectivity index (χ1) is 6.22. The lowest BCUT2D eigenvalue weighted by Gasteiger charge is -2.22. The summed E-state index contributed by atoms with van der Waals surface area (Å²) < 4.78 is 0. The summed E-state index contributed by atoms with van der Waals surface area (Å²) in [6, 6.07) is -0.776. The van der Waals surface area contributed by atoms with Gasteiger partial charge in [0.15, 0.2) is 0 Å². The van der Waals surface area contributed by atoms with E-state index in [4.69, 9.17) is 5.11 Å². The molecular weight excluding hydrogens is 186 g/mol. The highest BCUT2D eigenvalue weighted by molar-refractivity contribution is 5.84. The Bertz CT molecular complexity index is 222. The van der Waals surface area contributed by atoms with Crippen molar-refractivity contribution in [2.24, 2.45) is 0 Å². The number of nitrogens with one attached hydrogen (secondary N) is 3. The van der Waals surface area contributed by atoms with Gasteiger partial charge >= 0.3 is 6.09 Å². The summed E-state index contributed by atoms with van der Waals surface area (Å²) >= 11 is 0. The highest BCUT2D eigenvalue weighted by Gasteiger charge is 2.16. The second kappa shape index (κ2) is 4.80. The van der Waals surface area contributed by atoms with E-state index in [0.717, 1.165) is 0 Å². The van der Waals surface area contributed by atoms with Crippen molar-refractivity contribution in [1.29, 1.82) is 0 Å². The number of carbonyl (C=O) groups is 2. The van der Waals surface area contributed by atoms with Crippen LogP contribution in [0, 0.1) is 0 Å². The Hall–Kier alpha value is -1.30. The van der Waals surface area contributed by atoms with Crippen molar-refractivity contribution in [2.45, 2.75) is 39.3 Å². The first kappa shape index (κ1) is 12.7. The van der Waals surface area contributed by atoms with Crippen LogP contribution in [-0.4, -0.2) is 28.7 Å². The van der Waals surface area contributed by atoms with Crippen molar-refractivity contribution < 1.29 is 14.7 Å². The lowest BCUT2D eigenvalue weighted by molar-refractivity contribution is -0.124. The lowest BCUT2D eigenvalue weighted by Crippen LogP contribution is -2.54. The van der Waals surface area contributed by atoms with Crippen LogP contribution in [0.5, 0.6) is 0 Å². The zero-order valence-corrected chi connectivity index (χ0v) is 8.84. The third-order valence-electron chi connectivity index (χ3n) is 1.29. The standard InChI is InChI=1S/C8H17N3O3/c1-5(9-7(13)14)6(12)10-11-8(2,3)4/h5,9,11H,1-4H3,(H,10,12)(H,13,14)/t5-/m0/s1. The van der Waals surface area contributed by atoms with Gasteiger partial charge in [-0.3, -0.25) is 10.2 Å². The molecule has 0 radical (unpaired) electrons. The van der Waals surface area contributed by atoms with Gasteiger partial charge in [-0.05, 0) is 27.7 Å². The summed E-state index contributed by atoms with van der Waals surface area (Å²) in [4.78, 5) is 21.4. The number of carbonyl (C=O) groups excluding carboxylic acids is 1. The molecule has 0 aromatic heterocycles. The number of carboxylic acid groups (broad SMARTS) is 1. The highest BCUT2D eigenvalue weighted by Crippen LogP contribution is 1.95. The maximum absolute atomic E-state index is 11.2. The Kier molecular flexibility index (Phi) is 4.36. The third kappa shape index (κ3) is 6.24. The smallest absolute Gasteiger partial charge is 0.405 e. The van der Waals surface area contributed by atoms with E-state index in [0.29, 0.717) is 0 Å². The molecule has 0 aliphatic heterocycles. The minimum absolute atomic E-state index is 0.251. The monoisotopic (exact) mass is 203 g/mol. The van der Waals surface area contributed by atoms with Crippen molar-refractivity contribution in [3.8, 4) is 0 Å². The Balaban J connectivity index is 3.91. The van der Waals surface area contributed by atoms with E-state index in [9.17, 15) is 9.59 Å². The second-order valence-electron chi connectivity index (χ2n) is 4.04. The van der Waals surface area contributed by atoms with Gasteiger partial charge in [0.25, 0.3) is 5.91 Å². The van der Waals surface area contributed by atoms with Gasteiger partial charge in [-0.25, -0.2) is 10.2 Å². The first-order valence-corrected chi connectivity index (χ1v) is 4.29. The van der Waals surface area contributed by atoms with Gasteiger partial charge in [-0.1, -0.05) is 0 Å². The molecule has 0 aliphatic carbocycles. The van der Waals surface area contributed by atoms with E-state index >= 15 is 0 Å². The van der Waals surface area contributed by atoms with Gasteiger partial charge in [0.05, 0.1) is 0 Å². The fraction of sp³-hybridized carbons (Fsp3) is 0.750. The van der Waals surface area contributed by atoms with Crippen molar-refractivity contribution >= 4 is 12.0 Å². The molecule has 0 fully saturated rings. The molecule has 0 unspecified atom stereocenters. The predicted octanol–water partition coefficient (Wildman–Crippen LogP) is 0.0618. The molecule has 82 valence electrons. The van der Waals surface area contributed by atoms with E-state index < -0.39 is 18.0 Å². The van der Waals surface area contributed by atoms with Gasteiger partial charge < -0.3 is 10.4 Å². The van der Waals surface area contributed by atoms with Gasteiger partial charge in [0, 0.05) is 5.54 Å². The summed E-state index contributed by atoms with van der Waals surface area (Å²) in [5.41, 5.74) is 4.90. The Labute approximate surface area is 83.0 Å². The molecule has 1 atom stereocenters. The van der Waals surface area contributed by atoms with Gasteiger partial charge in [-0.2, -0.15) is 0 Å². The second-order valence-corrected chi connectivity index (χ2v) is 4.04. The molecule has 6 heteroatoms. The van der Waals surface area contributed by atoms with Gasteiger partial charge in [0.1, 0.15) is 6.04 Å². The van der Waals surface area contributed by atoms with Gasteiger partial charge in [-0.15, -0.1) is 0 Å². The summed E-state index contributed by atoms with van der Waals surface area (Å²) in [6.07, 6.45) is -1.22. The molecule has 4 N–H and O–H groups in total. The number of hydrazine groups is 1. The van der Waals surface area contributed by atoms with Crippen LogP contribution in [-0.2, 0) is 4.79 Å². The average molecular weight is 203 g/mol. The molecule has 0 bridgehead atoms. The van der Waals surface area contributed by atoms with Crippen LogP contribution in [0.2, 0.25) is 0 Å². The van der Waals surface area contributed by atoms with Crippen LogP contribution in [0.25, 0.3) is 0 Å². The first-order valence-electron chi connectivity index (χ1n) is 4.29. The average Bonchev–Trinajstić information content (AvgIpc) is 1.97. The topological polar surface area (TPSA) is 90.5 Å². The van der Waals surface area contributed by atoms with Crippen molar-refractivity contribution in [2.75, 3.05) is 0 Å². The van der Waals surface area contributed by atoms with Crippen molar-refractivity contribution in [3.63, 3.8) is 0 Å². The maximum Gasteiger partial charge on any atom is 0.405 e. The van der Waals surface area contributed by atoms with E-state index in [1.807, 2.05) is 26.1 Å². The molecule has 0 aromatic rings. The van der Waals surface area contributed by atoms with E-state index in [1.54, 1.807) is 0 Å². The molecule has 0 spiro atoms. The molecule has 0 heterocycles. The van der Waals surface area contributed by atoms with E-state index in [2.05, 4.69) is 10.9 Å². The van der Waals surface area contributed by atoms with Gasteiger partial charge in [0.2, 0.25) is 0 Å². The van der Waals surface area contributed by atoms with Crippen LogP contribution in [0.4, 0.5) is 4.79 Å². The zero-order valence-electron chi connectivity index (χ0n) is 8.84. The Morgan fingerprint density at radius 3 is 2.14 bits per heavy atom. The van der Waals surface area contributed by atoms with Crippen LogP contribution in [0.3, 0.4) is 0 Å². The Morgan fingerprint density at radius 1 is 1.29 bits per heavy atom. The Morgan fingerprint density at radius 2 is 1.79 bits per heavy atom. The summed E-state index contributed by atoms with van der Waals surface area (Å²) in [7, 11) is 0. The minimum Gasteiger partial charge on any atom is -0.465 e. The zero-order chi connectivity index (χ0) is 11.4. The van der Waals surface area contributed by atoms with Crippen LogP contribution in [0.1, 0.15) is 27.7 Å². The summed E-state index contributed by atoms with van der Waals surface area (Å²) in [5, 5.41) is 10.4. The van der Waals surface area contributed by atoms with Crippen LogP contribution < -0.4 is 16.2 Å². The van der Waals surface area contributed by atoms with E-state index in [1.165, 1.54) is 6.92 Å². The van der Waals surface area contributed by atoms with Crippen molar-refractivity contribution in [3.05, 3.63) is 0 Å². The molecule has 0 saturated heterocycles.